The third kappa shape index (κ3) is 3.22. The van der Waals surface area contributed by atoms with E-state index >= 15 is 0 Å². The highest BCUT2D eigenvalue weighted by Crippen LogP contribution is 2.37. The minimum absolute atomic E-state index is 0.0475. The van der Waals surface area contributed by atoms with Crippen molar-refractivity contribution in [2.45, 2.75) is 19.5 Å². The highest BCUT2D eigenvalue weighted by atomic mass is 35.5. The Morgan fingerprint density at radius 1 is 1.27 bits per heavy atom. The van der Waals surface area contributed by atoms with E-state index in [2.05, 4.69) is 4.37 Å². The monoisotopic (exact) mass is 384 g/mol. The van der Waals surface area contributed by atoms with Crippen LogP contribution in [-0.4, -0.2) is 18.3 Å². The first-order valence-corrected chi connectivity index (χ1v) is 8.76. The maximum absolute atomic E-state index is 12.4. The summed E-state index contributed by atoms with van der Waals surface area (Å²) in [5.41, 5.74) is -5.18. The van der Waals surface area contributed by atoms with Crippen molar-refractivity contribution in [2.24, 2.45) is 0 Å². The summed E-state index contributed by atoms with van der Waals surface area (Å²) in [5, 5.41) is 8.97. The van der Waals surface area contributed by atoms with Gasteiger partial charge in [0.05, 0.1) is 4.90 Å². The zero-order valence-corrected chi connectivity index (χ0v) is 13.5. The summed E-state index contributed by atoms with van der Waals surface area (Å²) < 4.78 is 64.0. The van der Waals surface area contributed by atoms with Gasteiger partial charge in [-0.2, -0.15) is 22.8 Å². The van der Waals surface area contributed by atoms with E-state index < -0.39 is 20.2 Å². The molecule has 11 heteroatoms. The van der Waals surface area contributed by atoms with Crippen LogP contribution < -0.4 is 0 Å². The number of sulfone groups is 1. The third-order valence-electron chi connectivity index (χ3n) is 2.38. The molecular weight excluding hydrogens is 381 g/mol. The van der Waals surface area contributed by atoms with E-state index in [0.717, 1.165) is 35.4 Å². The lowest BCUT2D eigenvalue weighted by molar-refractivity contribution is -0.0436. The van der Waals surface area contributed by atoms with Crippen molar-refractivity contribution in [3.05, 3.63) is 35.0 Å². The predicted molar refractivity (Wildman–Crippen MR) is 75.6 cm³/mol. The van der Waals surface area contributed by atoms with Crippen molar-refractivity contribution in [1.82, 2.24) is 4.37 Å². The van der Waals surface area contributed by atoms with E-state index in [0.29, 0.717) is 9.10 Å². The van der Waals surface area contributed by atoms with Gasteiger partial charge in [0.2, 0.25) is 0 Å². The molecule has 0 unspecified atom stereocenters. The summed E-state index contributed by atoms with van der Waals surface area (Å²) in [4.78, 5) is -0.384. The van der Waals surface area contributed by atoms with Crippen molar-refractivity contribution in [3.8, 4) is 6.07 Å². The molecule has 1 heterocycles. The summed E-state index contributed by atoms with van der Waals surface area (Å²) in [6.07, 6.45) is 0. The predicted octanol–water partition coefficient (Wildman–Crippen LogP) is 4.11. The molecule has 22 heavy (non-hydrogen) atoms. The second-order valence-corrected chi connectivity index (χ2v) is 8.19. The minimum atomic E-state index is -5.37. The van der Waals surface area contributed by atoms with Gasteiger partial charge < -0.3 is 0 Å². The molecule has 0 aliphatic rings. The fraction of sp³-hybridized carbons (Fsp3) is 0.0909. The number of alkyl halides is 3. The number of hydrogen-bond donors (Lipinski definition) is 0. The lowest BCUT2D eigenvalue weighted by Gasteiger charge is -2.08. The van der Waals surface area contributed by atoms with E-state index in [1.165, 1.54) is 12.1 Å². The molecule has 1 aromatic carbocycles. The first kappa shape index (κ1) is 17.1. The maximum atomic E-state index is 12.4. The van der Waals surface area contributed by atoms with Crippen LogP contribution in [0.25, 0.3) is 0 Å². The fourth-order valence-corrected chi connectivity index (χ4v) is 4.23. The Hall–Kier alpha value is -1.28. The van der Waals surface area contributed by atoms with Crippen molar-refractivity contribution >= 4 is 44.7 Å². The molecule has 4 nitrogen and oxygen atoms in total. The zero-order valence-electron chi connectivity index (χ0n) is 10.3. The van der Waals surface area contributed by atoms with Gasteiger partial charge in [0.15, 0.2) is 5.15 Å². The van der Waals surface area contributed by atoms with Crippen LogP contribution in [0.3, 0.4) is 0 Å². The molecule has 0 amide bonds. The molecule has 0 saturated carbocycles. The Labute approximate surface area is 136 Å². The van der Waals surface area contributed by atoms with Gasteiger partial charge in [-0.3, -0.25) is 0 Å². The van der Waals surface area contributed by atoms with Gasteiger partial charge in [-0.15, -0.1) is 0 Å². The quantitative estimate of drug-likeness (QED) is 0.796. The van der Waals surface area contributed by atoms with E-state index in [4.69, 9.17) is 16.9 Å². The van der Waals surface area contributed by atoms with E-state index in [1.54, 1.807) is 0 Å². The summed E-state index contributed by atoms with van der Waals surface area (Å²) >= 11 is 7.74. The summed E-state index contributed by atoms with van der Waals surface area (Å²) in [7, 11) is -5.37. The van der Waals surface area contributed by atoms with Crippen LogP contribution in [0.15, 0.2) is 38.3 Å². The van der Waals surface area contributed by atoms with Crippen LogP contribution in [0.5, 0.6) is 0 Å². The Balaban J connectivity index is 2.29. The largest absolute Gasteiger partial charge is 0.501 e. The molecule has 0 fully saturated rings. The van der Waals surface area contributed by atoms with Gasteiger partial charge in [-0.25, -0.2) is 8.42 Å². The Morgan fingerprint density at radius 2 is 1.86 bits per heavy atom. The van der Waals surface area contributed by atoms with Crippen LogP contribution in [0.1, 0.15) is 5.56 Å². The fourth-order valence-electron chi connectivity index (χ4n) is 1.35. The lowest BCUT2D eigenvalue weighted by Crippen LogP contribution is -2.23. The lowest BCUT2D eigenvalue weighted by atomic mass is 10.4. The molecule has 0 aliphatic heterocycles. The standard InChI is InChI=1S/C11H4ClF3N2O2S3/c12-9-8(5-16)10(21-17-9)20-6-1-3-7(4-2-6)22(18,19)11(13,14)15/h1-4H. The molecule has 116 valence electrons. The summed E-state index contributed by atoms with van der Waals surface area (Å²) in [5.74, 6) is 0. The SMILES string of the molecule is N#Cc1c(Cl)nsc1Sc1ccc(S(=O)(=O)C(F)(F)F)cc1. The molecule has 0 atom stereocenters. The Morgan fingerprint density at radius 3 is 2.36 bits per heavy atom. The van der Waals surface area contributed by atoms with Gasteiger partial charge in [-0.1, -0.05) is 23.4 Å². The topological polar surface area (TPSA) is 70.8 Å². The third-order valence-corrected chi connectivity index (χ3v) is 6.27. The van der Waals surface area contributed by atoms with Crippen molar-refractivity contribution in [2.75, 3.05) is 0 Å². The van der Waals surface area contributed by atoms with Crippen molar-refractivity contribution in [1.29, 1.82) is 5.26 Å². The Bertz CT molecular complexity index is 839. The second-order valence-electron chi connectivity index (χ2n) is 3.77. The molecular formula is C11H4ClF3N2O2S3. The molecule has 0 spiro atoms. The molecule has 0 bridgehead atoms. The Kier molecular flexibility index (Phi) is 4.72. The average Bonchev–Trinajstić information content (AvgIpc) is 2.78. The average molecular weight is 385 g/mol. The van der Waals surface area contributed by atoms with Crippen LogP contribution >= 0.6 is 34.9 Å². The molecule has 1 aromatic heterocycles. The van der Waals surface area contributed by atoms with Crippen molar-refractivity contribution in [3.63, 3.8) is 0 Å². The molecule has 0 radical (unpaired) electrons. The minimum Gasteiger partial charge on any atom is -0.214 e. The zero-order chi connectivity index (χ0) is 16.5. The highest BCUT2D eigenvalue weighted by molar-refractivity contribution is 8.01. The number of rotatable bonds is 3. The molecule has 2 aromatic rings. The molecule has 0 N–H and O–H groups in total. The number of aromatic nitrogens is 1. The summed E-state index contributed by atoms with van der Waals surface area (Å²) in [6, 6.07) is 6.03. The highest BCUT2D eigenvalue weighted by Gasteiger charge is 2.46. The number of benzene rings is 1. The number of nitriles is 1. The molecule has 0 aliphatic carbocycles. The van der Waals surface area contributed by atoms with E-state index in [-0.39, 0.29) is 10.7 Å². The normalized spacial score (nSPS) is 12.1. The maximum Gasteiger partial charge on any atom is 0.501 e. The molecule has 0 saturated heterocycles. The first-order chi connectivity index (χ1) is 10.2. The van der Waals surface area contributed by atoms with Crippen LogP contribution in [-0.2, 0) is 9.84 Å². The van der Waals surface area contributed by atoms with Gasteiger partial charge in [0, 0.05) is 4.90 Å². The van der Waals surface area contributed by atoms with Crippen LogP contribution in [0.2, 0.25) is 5.15 Å². The van der Waals surface area contributed by atoms with E-state index in [1.807, 2.05) is 6.07 Å². The number of halogens is 4. The summed E-state index contributed by atoms with van der Waals surface area (Å²) in [6.45, 7) is 0. The van der Waals surface area contributed by atoms with Gasteiger partial charge in [0.25, 0.3) is 9.84 Å². The van der Waals surface area contributed by atoms with Crippen LogP contribution in [0.4, 0.5) is 13.2 Å². The van der Waals surface area contributed by atoms with Gasteiger partial charge in [-0.05, 0) is 35.8 Å². The smallest absolute Gasteiger partial charge is 0.214 e. The first-order valence-electron chi connectivity index (χ1n) is 5.31. The van der Waals surface area contributed by atoms with Crippen molar-refractivity contribution < 1.29 is 21.6 Å². The number of nitrogens with zero attached hydrogens (tertiary/aromatic N) is 2. The van der Waals surface area contributed by atoms with Gasteiger partial charge >= 0.3 is 5.51 Å². The number of hydrogen-bond acceptors (Lipinski definition) is 6. The second kappa shape index (κ2) is 6.08. The van der Waals surface area contributed by atoms with Crippen LogP contribution in [0, 0.1) is 11.3 Å². The molecule has 2 rings (SSSR count). The van der Waals surface area contributed by atoms with Gasteiger partial charge in [0.1, 0.15) is 15.8 Å². The van der Waals surface area contributed by atoms with E-state index in [9.17, 15) is 21.6 Å².